The van der Waals surface area contributed by atoms with E-state index in [1.54, 1.807) is 26.4 Å². The van der Waals surface area contributed by atoms with Gasteiger partial charge in [0, 0.05) is 24.4 Å². The van der Waals surface area contributed by atoms with Crippen LogP contribution >= 0.6 is 0 Å². The van der Waals surface area contributed by atoms with Crippen LogP contribution in [-0.2, 0) is 6.54 Å². The molecule has 0 fully saturated rings. The summed E-state index contributed by atoms with van der Waals surface area (Å²) < 4.78 is 28.7. The van der Waals surface area contributed by atoms with Crippen LogP contribution in [-0.4, -0.2) is 21.3 Å². The Morgan fingerprint density at radius 3 is 2.14 bits per heavy atom. The number of hydrogen-bond donors (Lipinski definition) is 1. The van der Waals surface area contributed by atoms with Crippen LogP contribution in [0.25, 0.3) is 0 Å². The summed E-state index contributed by atoms with van der Waals surface area (Å²) in [5, 5.41) is 3.21. The molecule has 0 unspecified atom stereocenters. The van der Waals surface area contributed by atoms with Crippen LogP contribution in [0.3, 0.4) is 0 Å². The lowest BCUT2D eigenvalue weighted by Crippen LogP contribution is -2.01. The molecule has 0 amide bonds. The van der Waals surface area contributed by atoms with Crippen molar-refractivity contribution in [1.29, 1.82) is 0 Å². The molecule has 21 heavy (non-hydrogen) atoms. The summed E-state index contributed by atoms with van der Waals surface area (Å²) in [4.78, 5) is 0. The lowest BCUT2D eigenvalue weighted by molar-refractivity contribution is 0.387. The zero-order valence-corrected chi connectivity index (χ0v) is 12.3. The summed E-state index contributed by atoms with van der Waals surface area (Å²) in [5.41, 5.74) is 1.77. The molecule has 0 aromatic heterocycles. The minimum Gasteiger partial charge on any atom is -0.497 e. The molecule has 0 aliphatic heterocycles. The first-order valence-corrected chi connectivity index (χ1v) is 6.45. The predicted molar refractivity (Wildman–Crippen MR) is 79.8 cm³/mol. The first kappa shape index (κ1) is 15.0. The molecule has 0 heterocycles. The highest BCUT2D eigenvalue weighted by atomic mass is 19.1. The summed E-state index contributed by atoms with van der Waals surface area (Å²) in [6, 6.07) is 10.3. The highest BCUT2D eigenvalue weighted by Gasteiger charge is 2.05. The van der Waals surface area contributed by atoms with E-state index in [0.717, 1.165) is 22.7 Å². The number of rotatable bonds is 6. The van der Waals surface area contributed by atoms with Gasteiger partial charge in [-0.15, -0.1) is 0 Å². The van der Waals surface area contributed by atoms with Crippen LogP contribution in [0.5, 0.6) is 17.2 Å². The van der Waals surface area contributed by atoms with Gasteiger partial charge in [0.25, 0.3) is 0 Å². The molecule has 2 aromatic carbocycles. The Kier molecular flexibility index (Phi) is 4.87. The van der Waals surface area contributed by atoms with Gasteiger partial charge in [-0.3, -0.25) is 0 Å². The fraction of sp³-hybridized carbons (Fsp3) is 0.250. The number of hydrogen-bond acceptors (Lipinski definition) is 4. The maximum atomic E-state index is 13.3. The van der Waals surface area contributed by atoms with E-state index in [2.05, 4.69) is 5.32 Å². The molecule has 0 radical (unpaired) electrons. The second-order valence-electron chi connectivity index (χ2n) is 4.42. The Labute approximate surface area is 123 Å². The standard InChI is InChI=1S/C16H18FNO3/c1-19-13-6-11(7-14(9-13)20-2)10-18-12-4-5-15(17)16(8-12)21-3/h4-9,18H,10H2,1-3H3. The monoisotopic (exact) mass is 291 g/mol. The molecule has 0 aliphatic rings. The summed E-state index contributed by atoms with van der Waals surface area (Å²) in [6.45, 7) is 0.558. The lowest BCUT2D eigenvalue weighted by atomic mass is 10.2. The van der Waals surface area contributed by atoms with E-state index in [-0.39, 0.29) is 11.6 Å². The van der Waals surface area contributed by atoms with E-state index in [0.29, 0.717) is 6.54 Å². The number of methoxy groups -OCH3 is 3. The third kappa shape index (κ3) is 3.78. The smallest absolute Gasteiger partial charge is 0.165 e. The molecular formula is C16H18FNO3. The van der Waals surface area contributed by atoms with Gasteiger partial charge in [0.2, 0.25) is 0 Å². The van der Waals surface area contributed by atoms with Gasteiger partial charge in [-0.25, -0.2) is 4.39 Å². The Morgan fingerprint density at radius 2 is 1.57 bits per heavy atom. The largest absolute Gasteiger partial charge is 0.497 e. The van der Waals surface area contributed by atoms with Crippen LogP contribution in [0.1, 0.15) is 5.56 Å². The summed E-state index contributed by atoms with van der Waals surface area (Å²) in [5.74, 6) is 1.28. The Balaban J connectivity index is 2.12. The fourth-order valence-corrected chi connectivity index (χ4v) is 1.94. The zero-order valence-electron chi connectivity index (χ0n) is 12.3. The number of benzene rings is 2. The SMILES string of the molecule is COc1cc(CNc2ccc(F)c(OC)c2)cc(OC)c1. The molecule has 0 saturated carbocycles. The quantitative estimate of drug-likeness (QED) is 0.884. The molecule has 0 spiro atoms. The van der Waals surface area contributed by atoms with Gasteiger partial charge < -0.3 is 19.5 Å². The third-order valence-electron chi connectivity index (χ3n) is 3.06. The molecule has 0 saturated heterocycles. The van der Waals surface area contributed by atoms with Crippen molar-refractivity contribution in [3.8, 4) is 17.2 Å². The molecule has 4 nitrogen and oxygen atoms in total. The van der Waals surface area contributed by atoms with Crippen molar-refractivity contribution in [3.05, 3.63) is 47.8 Å². The minimum absolute atomic E-state index is 0.211. The van der Waals surface area contributed by atoms with Crippen molar-refractivity contribution >= 4 is 5.69 Å². The van der Waals surface area contributed by atoms with Gasteiger partial charge in [0.15, 0.2) is 11.6 Å². The van der Waals surface area contributed by atoms with Gasteiger partial charge in [-0.05, 0) is 29.8 Å². The van der Waals surface area contributed by atoms with E-state index in [1.807, 2.05) is 18.2 Å². The van der Waals surface area contributed by atoms with Gasteiger partial charge in [0.05, 0.1) is 21.3 Å². The molecule has 0 aliphatic carbocycles. The van der Waals surface area contributed by atoms with Gasteiger partial charge in [-0.1, -0.05) is 0 Å². The number of nitrogens with one attached hydrogen (secondary N) is 1. The van der Waals surface area contributed by atoms with Crippen LogP contribution in [0.15, 0.2) is 36.4 Å². The summed E-state index contributed by atoms with van der Waals surface area (Å²) in [6.07, 6.45) is 0. The van der Waals surface area contributed by atoms with Crippen molar-refractivity contribution in [2.75, 3.05) is 26.6 Å². The second-order valence-corrected chi connectivity index (χ2v) is 4.42. The molecule has 0 bridgehead atoms. The molecular weight excluding hydrogens is 273 g/mol. The fourth-order valence-electron chi connectivity index (χ4n) is 1.94. The van der Waals surface area contributed by atoms with Crippen LogP contribution in [0.2, 0.25) is 0 Å². The van der Waals surface area contributed by atoms with E-state index >= 15 is 0 Å². The number of ether oxygens (including phenoxy) is 3. The molecule has 5 heteroatoms. The number of anilines is 1. The maximum Gasteiger partial charge on any atom is 0.165 e. The molecule has 1 N–H and O–H groups in total. The van der Waals surface area contributed by atoms with E-state index in [4.69, 9.17) is 14.2 Å². The van der Waals surface area contributed by atoms with Gasteiger partial charge in [-0.2, -0.15) is 0 Å². The first-order valence-electron chi connectivity index (χ1n) is 6.45. The predicted octanol–water partition coefficient (Wildman–Crippen LogP) is 3.46. The average molecular weight is 291 g/mol. The normalized spacial score (nSPS) is 10.1. The second kappa shape index (κ2) is 6.83. The van der Waals surface area contributed by atoms with E-state index < -0.39 is 0 Å². The Bertz CT molecular complexity index is 594. The van der Waals surface area contributed by atoms with Crippen molar-refractivity contribution in [1.82, 2.24) is 0 Å². The van der Waals surface area contributed by atoms with Crippen molar-refractivity contribution in [2.45, 2.75) is 6.54 Å². The van der Waals surface area contributed by atoms with Crippen LogP contribution in [0.4, 0.5) is 10.1 Å². The van der Waals surface area contributed by atoms with E-state index in [1.165, 1.54) is 13.2 Å². The molecule has 0 atom stereocenters. The highest BCUT2D eigenvalue weighted by molar-refractivity contribution is 5.50. The lowest BCUT2D eigenvalue weighted by Gasteiger charge is -2.11. The molecule has 2 rings (SSSR count). The third-order valence-corrected chi connectivity index (χ3v) is 3.06. The Hall–Kier alpha value is -2.43. The van der Waals surface area contributed by atoms with Crippen LogP contribution in [0, 0.1) is 5.82 Å². The first-order chi connectivity index (χ1) is 10.2. The molecule has 2 aromatic rings. The topological polar surface area (TPSA) is 39.7 Å². The van der Waals surface area contributed by atoms with E-state index in [9.17, 15) is 4.39 Å². The Morgan fingerprint density at radius 1 is 0.905 bits per heavy atom. The van der Waals surface area contributed by atoms with Crippen molar-refractivity contribution < 1.29 is 18.6 Å². The number of halogens is 1. The minimum atomic E-state index is -0.383. The zero-order chi connectivity index (χ0) is 15.2. The van der Waals surface area contributed by atoms with Gasteiger partial charge in [0.1, 0.15) is 11.5 Å². The van der Waals surface area contributed by atoms with Crippen molar-refractivity contribution in [3.63, 3.8) is 0 Å². The van der Waals surface area contributed by atoms with Gasteiger partial charge >= 0.3 is 0 Å². The molecule has 112 valence electrons. The average Bonchev–Trinajstić information content (AvgIpc) is 2.53. The highest BCUT2D eigenvalue weighted by Crippen LogP contribution is 2.25. The maximum absolute atomic E-state index is 13.3. The summed E-state index contributed by atoms with van der Waals surface area (Å²) in [7, 11) is 4.66. The van der Waals surface area contributed by atoms with Crippen molar-refractivity contribution in [2.24, 2.45) is 0 Å². The summed E-state index contributed by atoms with van der Waals surface area (Å²) >= 11 is 0. The van der Waals surface area contributed by atoms with Crippen LogP contribution < -0.4 is 19.5 Å².